The van der Waals surface area contributed by atoms with Gasteiger partial charge in [0, 0.05) is 40.9 Å². The first-order chi connectivity index (χ1) is 17.6. The molecule has 0 spiro atoms. The molecule has 0 aromatic heterocycles. The van der Waals surface area contributed by atoms with Gasteiger partial charge in [0.1, 0.15) is 6.10 Å². The highest BCUT2D eigenvalue weighted by Gasteiger charge is 2.38. The van der Waals surface area contributed by atoms with E-state index in [-0.39, 0.29) is 16.7 Å². The van der Waals surface area contributed by atoms with Crippen LogP contribution in [-0.2, 0) is 22.3 Å². The largest absolute Gasteiger partial charge is 0.417 e. The van der Waals surface area contributed by atoms with E-state index in [1.54, 1.807) is 11.8 Å². The first-order valence-electron chi connectivity index (χ1n) is 12.1. The number of halogens is 5. The van der Waals surface area contributed by atoms with Crippen molar-refractivity contribution in [2.75, 3.05) is 26.2 Å². The third kappa shape index (κ3) is 5.82. The molecule has 2 heterocycles. The maximum Gasteiger partial charge on any atom is 0.417 e. The predicted molar refractivity (Wildman–Crippen MR) is 141 cm³/mol. The normalized spacial score (nSPS) is 19.7. The summed E-state index contributed by atoms with van der Waals surface area (Å²) in [4.78, 5) is 3.32. The van der Waals surface area contributed by atoms with Crippen molar-refractivity contribution in [2.24, 2.45) is 0 Å². The smallest absolute Gasteiger partial charge is 0.385 e. The summed E-state index contributed by atoms with van der Waals surface area (Å²) in [6, 6.07) is 17.9. The Morgan fingerprint density at radius 3 is 2.51 bits per heavy atom. The van der Waals surface area contributed by atoms with Crippen LogP contribution < -0.4 is 0 Å². The third-order valence-corrected chi connectivity index (χ3v) is 8.86. The molecular weight excluding hydrogens is 542 g/mol. The zero-order chi connectivity index (χ0) is 26.2. The molecule has 3 aromatic carbocycles. The summed E-state index contributed by atoms with van der Waals surface area (Å²) in [7, 11) is 0. The molecule has 3 aromatic rings. The standard InChI is InChI=1S/C28H26Cl2F3NO2S/c29-20-6-8-25-22(16-20)26(21-4-2-1-3-18(21)17-37-25)36-14-13-34-11-9-27(35,10-12-34)19-5-7-24(30)23(15-19)28(31,32)33/h1-8,15-16,26,35H,9-14,17H2/t26-/m1/s1. The third-order valence-electron chi connectivity index (χ3n) is 7.16. The quantitative estimate of drug-likeness (QED) is 0.342. The van der Waals surface area contributed by atoms with Crippen LogP contribution in [0.5, 0.6) is 0 Å². The number of alkyl halides is 3. The fourth-order valence-electron chi connectivity index (χ4n) is 5.05. The van der Waals surface area contributed by atoms with Gasteiger partial charge in [-0.3, -0.25) is 0 Å². The van der Waals surface area contributed by atoms with Crippen LogP contribution in [0.25, 0.3) is 0 Å². The molecule has 2 aliphatic rings. The molecule has 1 fully saturated rings. The lowest BCUT2D eigenvalue weighted by Crippen LogP contribution is -2.43. The van der Waals surface area contributed by atoms with E-state index in [0.29, 0.717) is 44.1 Å². The molecule has 0 aliphatic carbocycles. The monoisotopic (exact) mass is 567 g/mol. The maximum absolute atomic E-state index is 13.3. The first-order valence-corrected chi connectivity index (χ1v) is 13.8. The van der Waals surface area contributed by atoms with E-state index in [2.05, 4.69) is 17.0 Å². The Kier molecular flexibility index (Phi) is 7.83. The van der Waals surface area contributed by atoms with Crippen LogP contribution in [0.15, 0.2) is 65.6 Å². The average Bonchev–Trinajstić information content (AvgIpc) is 3.01. The molecule has 1 atom stereocenters. The maximum atomic E-state index is 13.3. The summed E-state index contributed by atoms with van der Waals surface area (Å²) >= 11 is 13.9. The van der Waals surface area contributed by atoms with Crippen molar-refractivity contribution >= 4 is 35.0 Å². The van der Waals surface area contributed by atoms with Gasteiger partial charge in [-0.2, -0.15) is 13.2 Å². The van der Waals surface area contributed by atoms with Crippen molar-refractivity contribution in [3.05, 3.63) is 98.5 Å². The highest BCUT2D eigenvalue weighted by molar-refractivity contribution is 7.98. The molecular formula is C28H26Cl2F3NO2S. The van der Waals surface area contributed by atoms with E-state index in [1.807, 2.05) is 30.3 Å². The van der Waals surface area contributed by atoms with Gasteiger partial charge in [-0.1, -0.05) is 53.5 Å². The number of rotatable bonds is 5. The molecule has 196 valence electrons. The SMILES string of the molecule is OC1(c2ccc(Cl)c(C(F)(F)F)c2)CCN(CCO[C@@H]2c3ccccc3CSc3ccc(Cl)cc32)CC1. The summed E-state index contributed by atoms with van der Waals surface area (Å²) < 4.78 is 46.4. The van der Waals surface area contributed by atoms with Crippen LogP contribution in [0.4, 0.5) is 13.2 Å². The van der Waals surface area contributed by atoms with Crippen molar-refractivity contribution in [1.82, 2.24) is 4.90 Å². The van der Waals surface area contributed by atoms with Crippen LogP contribution >= 0.6 is 35.0 Å². The number of nitrogens with zero attached hydrogens (tertiary/aromatic N) is 1. The minimum atomic E-state index is -4.57. The molecule has 0 bridgehead atoms. The summed E-state index contributed by atoms with van der Waals surface area (Å²) in [5.41, 5.74) is 1.43. The molecule has 9 heteroatoms. The van der Waals surface area contributed by atoms with Crippen LogP contribution in [0.2, 0.25) is 10.0 Å². The lowest BCUT2D eigenvalue weighted by molar-refractivity contribution is -0.137. The lowest BCUT2D eigenvalue weighted by Gasteiger charge is -2.39. The van der Waals surface area contributed by atoms with Gasteiger partial charge < -0.3 is 14.7 Å². The van der Waals surface area contributed by atoms with Crippen molar-refractivity contribution < 1.29 is 23.0 Å². The minimum Gasteiger partial charge on any atom is -0.385 e. The summed E-state index contributed by atoms with van der Waals surface area (Å²) in [6.07, 6.45) is -4.16. The fourth-order valence-corrected chi connectivity index (χ4v) is 6.52. The van der Waals surface area contributed by atoms with Gasteiger partial charge in [0.05, 0.1) is 22.8 Å². The van der Waals surface area contributed by atoms with Crippen LogP contribution in [0.1, 0.15) is 46.8 Å². The Bertz CT molecular complexity index is 1280. The molecule has 1 N–H and O–H groups in total. The molecule has 1 saturated heterocycles. The van der Waals surface area contributed by atoms with Crippen molar-refractivity contribution in [3.8, 4) is 0 Å². The Morgan fingerprint density at radius 1 is 1.00 bits per heavy atom. The molecule has 0 amide bonds. The first kappa shape index (κ1) is 26.9. The summed E-state index contributed by atoms with van der Waals surface area (Å²) in [5.74, 6) is 0.857. The zero-order valence-corrected chi connectivity index (χ0v) is 22.2. The van der Waals surface area contributed by atoms with E-state index in [1.165, 1.54) is 17.7 Å². The minimum absolute atomic E-state index is 0.239. The number of piperidine rings is 1. The number of aliphatic hydroxyl groups is 1. The zero-order valence-electron chi connectivity index (χ0n) is 19.9. The Balaban J connectivity index is 1.24. The summed E-state index contributed by atoms with van der Waals surface area (Å²) in [6.45, 7) is 2.20. The van der Waals surface area contributed by atoms with Crippen molar-refractivity contribution in [1.29, 1.82) is 0 Å². The Morgan fingerprint density at radius 2 is 1.76 bits per heavy atom. The summed E-state index contributed by atoms with van der Waals surface area (Å²) in [5, 5.41) is 11.5. The lowest BCUT2D eigenvalue weighted by atomic mass is 9.83. The van der Waals surface area contributed by atoms with Gasteiger partial charge in [0.2, 0.25) is 0 Å². The van der Waals surface area contributed by atoms with Gasteiger partial charge in [0.25, 0.3) is 0 Å². The predicted octanol–water partition coefficient (Wildman–Crippen LogP) is 7.71. The number of likely N-dealkylation sites (tertiary alicyclic amines) is 1. The van der Waals surface area contributed by atoms with E-state index in [4.69, 9.17) is 27.9 Å². The van der Waals surface area contributed by atoms with Crippen LogP contribution in [0.3, 0.4) is 0 Å². The number of hydrogen-bond acceptors (Lipinski definition) is 4. The molecule has 0 radical (unpaired) electrons. The number of ether oxygens (including phenoxy) is 1. The molecule has 0 unspecified atom stereocenters. The fraction of sp³-hybridized carbons (Fsp3) is 0.357. The second-order valence-electron chi connectivity index (χ2n) is 9.49. The van der Waals surface area contributed by atoms with Gasteiger partial charge in [0.15, 0.2) is 0 Å². The van der Waals surface area contributed by atoms with E-state index < -0.39 is 17.3 Å². The second kappa shape index (κ2) is 10.8. The highest BCUT2D eigenvalue weighted by atomic mass is 35.5. The van der Waals surface area contributed by atoms with Crippen LogP contribution in [0, 0.1) is 0 Å². The van der Waals surface area contributed by atoms with Gasteiger partial charge >= 0.3 is 6.18 Å². The van der Waals surface area contributed by atoms with E-state index in [9.17, 15) is 18.3 Å². The van der Waals surface area contributed by atoms with Crippen molar-refractivity contribution in [2.45, 2.75) is 41.4 Å². The molecule has 3 nitrogen and oxygen atoms in total. The number of fused-ring (bicyclic) bond motifs is 2. The van der Waals surface area contributed by atoms with E-state index >= 15 is 0 Å². The average molecular weight is 568 g/mol. The Labute approximate surface area is 228 Å². The van der Waals surface area contributed by atoms with Gasteiger partial charge in [-0.25, -0.2) is 0 Å². The van der Waals surface area contributed by atoms with Gasteiger partial charge in [-0.05, 0) is 59.9 Å². The molecule has 0 saturated carbocycles. The Hall–Kier alpha value is -1.74. The number of benzene rings is 3. The number of thioether (sulfide) groups is 1. The van der Waals surface area contributed by atoms with Gasteiger partial charge in [-0.15, -0.1) is 11.8 Å². The second-order valence-corrected chi connectivity index (χ2v) is 11.3. The molecule has 5 rings (SSSR count). The number of hydrogen-bond donors (Lipinski definition) is 1. The highest BCUT2D eigenvalue weighted by Crippen LogP contribution is 2.43. The molecule has 37 heavy (non-hydrogen) atoms. The van der Waals surface area contributed by atoms with Crippen molar-refractivity contribution in [3.63, 3.8) is 0 Å². The van der Waals surface area contributed by atoms with E-state index in [0.717, 1.165) is 27.8 Å². The topological polar surface area (TPSA) is 32.7 Å². The van der Waals surface area contributed by atoms with Crippen LogP contribution in [-0.4, -0.2) is 36.2 Å². The molecule has 2 aliphatic heterocycles.